The van der Waals surface area contributed by atoms with Crippen molar-refractivity contribution in [1.82, 2.24) is 9.62 Å². The third-order valence-electron chi connectivity index (χ3n) is 4.43. The molecule has 6 nitrogen and oxygen atoms in total. The standard InChI is InChI=1S/C16H22FN3O3S/c17-14-3-5-15(6-4-14)19-8-10-20(11-9-19)24(22,23)12-7-18-16(21)13-1-2-13/h3-6,13H,1-2,7-12H2,(H,18,21). The number of anilines is 1. The van der Waals surface area contributed by atoms with E-state index in [1.54, 1.807) is 12.1 Å². The van der Waals surface area contributed by atoms with Crippen LogP contribution in [-0.2, 0) is 14.8 Å². The third kappa shape index (κ3) is 4.24. The fourth-order valence-corrected chi connectivity index (χ4v) is 4.14. The van der Waals surface area contributed by atoms with Crippen LogP contribution in [0.3, 0.4) is 0 Å². The summed E-state index contributed by atoms with van der Waals surface area (Å²) >= 11 is 0. The first-order valence-corrected chi connectivity index (χ1v) is 9.83. The lowest BCUT2D eigenvalue weighted by Gasteiger charge is -2.35. The molecular weight excluding hydrogens is 333 g/mol. The predicted octanol–water partition coefficient (Wildman–Crippen LogP) is 0.804. The number of nitrogens with zero attached hydrogens (tertiary/aromatic N) is 2. The zero-order valence-electron chi connectivity index (χ0n) is 13.4. The van der Waals surface area contributed by atoms with E-state index >= 15 is 0 Å². The monoisotopic (exact) mass is 355 g/mol. The van der Waals surface area contributed by atoms with Crippen LogP contribution in [0.2, 0.25) is 0 Å². The van der Waals surface area contributed by atoms with Crippen molar-refractivity contribution >= 4 is 21.6 Å². The summed E-state index contributed by atoms with van der Waals surface area (Å²) < 4.78 is 39.1. The van der Waals surface area contributed by atoms with Crippen molar-refractivity contribution in [2.45, 2.75) is 12.8 Å². The zero-order valence-corrected chi connectivity index (χ0v) is 14.3. The second-order valence-electron chi connectivity index (χ2n) is 6.24. The van der Waals surface area contributed by atoms with Crippen molar-refractivity contribution in [3.05, 3.63) is 30.1 Å². The molecule has 1 aliphatic heterocycles. The highest BCUT2D eigenvalue weighted by atomic mass is 32.2. The van der Waals surface area contributed by atoms with E-state index < -0.39 is 10.0 Å². The van der Waals surface area contributed by atoms with Crippen LogP contribution in [0.4, 0.5) is 10.1 Å². The number of halogens is 1. The molecule has 3 rings (SSSR count). The van der Waals surface area contributed by atoms with Crippen LogP contribution >= 0.6 is 0 Å². The van der Waals surface area contributed by atoms with Crippen molar-refractivity contribution in [1.29, 1.82) is 0 Å². The van der Waals surface area contributed by atoms with Gasteiger partial charge >= 0.3 is 0 Å². The lowest BCUT2D eigenvalue weighted by molar-refractivity contribution is -0.122. The molecule has 0 spiro atoms. The summed E-state index contributed by atoms with van der Waals surface area (Å²) in [5.74, 6) is -0.298. The molecule has 24 heavy (non-hydrogen) atoms. The summed E-state index contributed by atoms with van der Waals surface area (Å²) in [5.41, 5.74) is 0.894. The largest absolute Gasteiger partial charge is 0.369 e. The molecule has 0 bridgehead atoms. The van der Waals surface area contributed by atoms with Gasteiger partial charge in [0.15, 0.2) is 0 Å². The molecule has 1 N–H and O–H groups in total. The minimum Gasteiger partial charge on any atom is -0.369 e. The van der Waals surface area contributed by atoms with Gasteiger partial charge in [0, 0.05) is 44.3 Å². The van der Waals surface area contributed by atoms with Crippen molar-refractivity contribution < 1.29 is 17.6 Å². The second kappa shape index (κ2) is 7.06. The Labute approximate surface area is 141 Å². The smallest absolute Gasteiger partial charge is 0.223 e. The normalized spacial score (nSPS) is 19.3. The number of rotatable bonds is 6. The summed E-state index contributed by atoms with van der Waals surface area (Å²) in [6.45, 7) is 2.10. The van der Waals surface area contributed by atoms with Crippen LogP contribution in [0, 0.1) is 11.7 Å². The SMILES string of the molecule is O=C(NCCS(=O)(=O)N1CCN(c2ccc(F)cc2)CC1)C1CC1. The van der Waals surface area contributed by atoms with Gasteiger partial charge in [-0.25, -0.2) is 12.8 Å². The Morgan fingerprint density at radius 1 is 1.12 bits per heavy atom. The van der Waals surface area contributed by atoms with Gasteiger partial charge in [-0.05, 0) is 37.1 Å². The van der Waals surface area contributed by atoms with E-state index in [9.17, 15) is 17.6 Å². The maximum Gasteiger partial charge on any atom is 0.223 e. The van der Waals surface area contributed by atoms with Gasteiger partial charge in [-0.2, -0.15) is 4.31 Å². The van der Waals surface area contributed by atoms with E-state index in [2.05, 4.69) is 5.32 Å². The average Bonchev–Trinajstić information content (AvgIpc) is 3.40. The van der Waals surface area contributed by atoms with Crippen LogP contribution in [0.5, 0.6) is 0 Å². The second-order valence-corrected chi connectivity index (χ2v) is 8.33. The lowest BCUT2D eigenvalue weighted by atomic mass is 10.2. The number of carbonyl (C=O) groups is 1. The molecule has 2 aliphatic rings. The molecule has 1 aliphatic carbocycles. The highest BCUT2D eigenvalue weighted by Crippen LogP contribution is 2.28. The number of nitrogens with one attached hydrogen (secondary N) is 1. The molecule has 0 unspecified atom stereocenters. The molecular formula is C16H22FN3O3S. The Hall–Kier alpha value is -1.67. The Bertz CT molecular complexity index is 681. The van der Waals surface area contributed by atoms with E-state index in [0.29, 0.717) is 26.2 Å². The predicted molar refractivity (Wildman–Crippen MR) is 89.7 cm³/mol. The topological polar surface area (TPSA) is 69.7 Å². The first-order valence-electron chi connectivity index (χ1n) is 8.22. The molecule has 8 heteroatoms. The summed E-state index contributed by atoms with van der Waals surface area (Å²) in [5, 5.41) is 2.69. The minimum atomic E-state index is -3.36. The van der Waals surface area contributed by atoms with Gasteiger partial charge in [-0.1, -0.05) is 0 Å². The van der Waals surface area contributed by atoms with Gasteiger partial charge in [0.2, 0.25) is 15.9 Å². The number of piperazine rings is 1. The van der Waals surface area contributed by atoms with E-state index in [1.165, 1.54) is 16.4 Å². The molecule has 1 amide bonds. The van der Waals surface area contributed by atoms with E-state index in [1.807, 2.05) is 4.90 Å². The molecule has 1 saturated heterocycles. The number of sulfonamides is 1. The van der Waals surface area contributed by atoms with Crippen LogP contribution < -0.4 is 10.2 Å². The number of hydrogen-bond donors (Lipinski definition) is 1. The first kappa shape index (κ1) is 17.2. The van der Waals surface area contributed by atoms with Gasteiger partial charge < -0.3 is 10.2 Å². The van der Waals surface area contributed by atoms with Crippen molar-refractivity contribution in [2.75, 3.05) is 43.4 Å². The molecule has 0 aromatic heterocycles. The van der Waals surface area contributed by atoms with Crippen LogP contribution in [0.15, 0.2) is 24.3 Å². The first-order chi connectivity index (χ1) is 11.5. The van der Waals surface area contributed by atoms with Gasteiger partial charge in [0.1, 0.15) is 5.82 Å². The number of amides is 1. The maximum absolute atomic E-state index is 13.0. The van der Waals surface area contributed by atoms with E-state index in [0.717, 1.165) is 18.5 Å². The molecule has 132 valence electrons. The molecule has 2 fully saturated rings. The molecule has 1 aromatic carbocycles. The third-order valence-corrected chi connectivity index (χ3v) is 6.30. The summed E-state index contributed by atoms with van der Waals surface area (Å²) in [4.78, 5) is 13.6. The molecule has 0 atom stereocenters. The van der Waals surface area contributed by atoms with E-state index in [-0.39, 0.29) is 29.9 Å². The minimum absolute atomic E-state index is 0.0358. The van der Waals surface area contributed by atoms with Crippen LogP contribution in [-0.4, -0.2) is 57.1 Å². The Kier molecular flexibility index (Phi) is 5.05. The molecule has 1 heterocycles. The lowest BCUT2D eigenvalue weighted by Crippen LogP contribution is -2.50. The number of benzene rings is 1. The van der Waals surface area contributed by atoms with Gasteiger partial charge in [0.25, 0.3) is 0 Å². The zero-order chi connectivity index (χ0) is 17.2. The van der Waals surface area contributed by atoms with Gasteiger partial charge in [0.05, 0.1) is 5.75 Å². The highest BCUT2D eigenvalue weighted by molar-refractivity contribution is 7.89. The maximum atomic E-state index is 13.0. The van der Waals surface area contributed by atoms with Crippen molar-refractivity contribution in [3.8, 4) is 0 Å². The summed E-state index contributed by atoms with van der Waals surface area (Å²) in [6, 6.07) is 6.21. The Morgan fingerprint density at radius 3 is 2.33 bits per heavy atom. The highest BCUT2D eigenvalue weighted by Gasteiger charge is 2.30. The fourth-order valence-electron chi connectivity index (χ4n) is 2.80. The Balaban J connectivity index is 1.47. The summed E-state index contributed by atoms with van der Waals surface area (Å²) in [6.07, 6.45) is 1.81. The summed E-state index contributed by atoms with van der Waals surface area (Å²) in [7, 11) is -3.36. The Morgan fingerprint density at radius 2 is 1.75 bits per heavy atom. The fraction of sp³-hybridized carbons (Fsp3) is 0.562. The number of hydrogen-bond acceptors (Lipinski definition) is 4. The van der Waals surface area contributed by atoms with Crippen molar-refractivity contribution in [2.24, 2.45) is 5.92 Å². The molecule has 1 aromatic rings. The molecule has 1 saturated carbocycles. The van der Waals surface area contributed by atoms with Crippen LogP contribution in [0.25, 0.3) is 0 Å². The van der Waals surface area contributed by atoms with Gasteiger partial charge in [-0.15, -0.1) is 0 Å². The quantitative estimate of drug-likeness (QED) is 0.820. The van der Waals surface area contributed by atoms with Crippen LogP contribution in [0.1, 0.15) is 12.8 Å². The van der Waals surface area contributed by atoms with Crippen molar-refractivity contribution in [3.63, 3.8) is 0 Å². The number of carbonyl (C=O) groups excluding carboxylic acids is 1. The van der Waals surface area contributed by atoms with E-state index in [4.69, 9.17) is 0 Å². The average molecular weight is 355 g/mol. The van der Waals surface area contributed by atoms with Gasteiger partial charge in [-0.3, -0.25) is 4.79 Å². The molecule has 0 radical (unpaired) electrons.